The van der Waals surface area contributed by atoms with Crippen LogP contribution in [0.5, 0.6) is 0 Å². The van der Waals surface area contributed by atoms with E-state index in [0.29, 0.717) is 32.1 Å². The molecule has 1 amide bonds. The van der Waals surface area contributed by atoms with E-state index in [9.17, 15) is 18.0 Å². The van der Waals surface area contributed by atoms with Crippen molar-refractivity contribution in [3.05, 3.63) is 29.8 Å². The normalized spacial score (nSPS) is 24.6. The van der Waals surface area contributed by atoms with Crippen LogP contribution in [0.15, 0.2) is 29.2 Å². The Kier molecular flexibility index (Phi) is 7.39. The Labute approximate surface area is 184 Å². The topological polar surface area (TPSA) is 93.2 Å². The van der Waals surface area contributed by atoms with Crippen molar-refractivity contribution in [1.82, 2.24) is 9.21 Å². The summed E-state index contributed by atoms with van der Waals surface area (Å²) in [5, 5.41) is 0. The first-order chi connectivity index (χ1) is 14.6. The number of hydrogen-bond donors (Lipinski definition) is 0. The molecule has 3 unspecified atom stereocenters. The minimum atomic E-state index is -3.58. The molecule has 0 saturated carbocycles. The van der Waals surface area contributed by atoms with Crippen molar-refractivity contribution in [2.24, 2.45) is 5.92 Å². The van der Waals surface area contributed by atoms with Crippen LogP contribution in [0.25, 0.3) is 0 Å². The monoisotopic (exact) mass is 452 g/mol. The van der Waals surface area contributed by atoms with Gasteiger partial charge in [-0.2, -0.15) is 4.31 Å². The molecule has 3 atom stereocenters. The van der Waals surface area contributed by atoms with E-state index >= 15 is 0 Å². The Morgan fingerprint density at radius 1 is 1.03 bits per heavy atom. The van der Waals surface area contributed by atoms with Crippen LogP contribution < -0.4 is 0 Å². The van der Waals surface area contributed by atoms with E-state index in [1.54, 1.807) is 11.8 Å². The maximum absolute atomic E-state index is 12.8. The molecule has 2 aliphatic rings. The van der Waals surface area contributed by atoms with Gasteiger partial charge in [-0.15, -0.1) is 0 Å². The van der Waals surface area contributed by atoms with Gasteiger partial charge in [0.25, 0.3) is 5.91 Å². The van der Waals surface area contributed by atoms with E-state index in [4.69, 9.17) is 9.47 Å². The van der Waals surface area contributed by atoms with Crippen LogP contribution in [0.4, 0.5) is 0 Å². The Morgan fingerprint density at radius 2 is 1.58 bits per heavy atom. The van der Waals surface area contributed by atoms with Crippen molar-refractivity contribution in [2.75, 3.05) is 26.2 Å². The summed E-state index contributed by atoms with van der Waals surface area (Å²) in [7, 11) is -3.58. The molecule has 1 aromatic rings. The first-order valence-corrected chi connectivity index (χ1v) is 12.3. The molecule has 0 spiro atoms. The van der Waals surface area contributed by atoms with Gasteiger partial charge in [-0.3, -0.25) is 4.79 Å². The molecule has 2 fully saturated rings. The highest BCUT2D eigenvalue weighted by Gasteiger charge is 2.31. The first-order valence-electron chi connectivity index (χ1n) is 10.8. The van der Waals surface area contributed by atoms with Crippen LogP contribution in [0, 0.1) is 5.92 Å². The zero-order valence-corrected chi connectivity index (χ0v) is 19.4. The lowest BCUT2D eigenvalue weighted by Crippen LogP contribution is -2.51. The Morgan fingerprint density at radius 3 is 2.13 bits per heavy atom. The number of hydrogen-bond acceptors (Lipinski definition) is 6. The molecule has 2 saturated heterocycles. The third-order valence-corrected chi connectivity index (χ3v) is 7.75. The fourth-order valence-electron chi connectivity index (χ4n) is 4.03. The Balaban J connectivity index is 1.61. The zero-order valence-electron chi connectivity index (χ0n) is 18.6. The molecule has 0 aliphatic carbocycles. The van der Waals surface area contributed by atoms with Gasteiger partial charge >= 0.3 is 5.97 Å². The molecule has 2 heterocycles. The molecule has 172 valence electrons. The minimum Gasteiger partial charge on any atom is -0.449 e. The standard InChI is InChI=1S/C22H32N2O6S/c1-15-9-11-24(12-10-15)31(27,28)20-7-5-19(6-8-20)22(26)30-18(4)21(25)23-13-16(2)29-17(3)14-23/h5-8,15-18H,9-14H2,1-4H3. The smallest absolute Gasteiger partial charge is 0.338 e. The third kappa shape index (κ3) is 5.64. The average molecular weight is 453 g/mol. The van der Waals surface area contributed by atoms with Gasteiger partial charge in [-0.05, 0) is 63.8 Å². The predicted octanol–water partition coefficient (Wildman–Crippen LogP) is 2.29. The van der Waals surface area contributed by atoms with Gasteiger partial charge in [0.05, 0.1) is 22.7 Å². The quantitative estimate of drug-likeness (QED) is 0.637. The minimum absolute atomic E-state index is 0.0757. The lowest BCUT2D eigenvalue weighted by Gasteiger charge is -2.36. The number of sulfonamides is 1. The van der Waals surface area contributed by atoms with Crippen molar-refractivity contribution in [1.29, 1.82) is 0 Å². The van der Waals surface area contributed by atoms with E-state index in [1.165, 1.54) is 28.6 Å². The van der Waals surface area contributed by atoms with Crippen molar-refractivity contribution in [3.8, 4) is 0 Å². The van der Waals surface area contributed by atoms with Crippen LogP contribution in [0.3, 0.4) is 0 Å². The van der Waals surface area contributed by atoms with Gasteiger partial charge in [0.15, 0.2) is 6.10 Å². The highest BCUT2D eigenvalue weighted by molar-refractivity contribution is 7.89. The number of amides is 1. The molecular formula is C22H32N2O6S. The second-order valence-electron chi connectivity index (χ2n) is 8.66. The number of benzene rings is 1. The van der Waals surface area contributed by atoms with Crippen LogP contribution in [-0.4, -0.2) is 74.0 Å². The van der Waals surface area contributed by atoms with Gasteiger partial charge in [0, 0.05) is 26.2 Å². The zero-order chi connectivity index (χ0) is 22.8. The first kappa shape index (κ1) is 23.7. The van der Waals surface area contributed by atoms with Gasteiger partial charge in [-0.1, -0.05) is 6.92 Å². The Hall–Kier alpha value is -1.97. The third-order valence-electron chi connectivity index (χ3n) is 5.83. The van der Waals surface area contributed by atoms with Crippen LogP contribution in [-0.2, 0) is 24.3 Å². The molecule has 3 rings (SSSR count). The van der Waals surface area contributed by atoms with E-state index in [0.717, 1.165) is 12.8 Å². The number of ether oxygens (including phenoxy) is 2. The summed E-state index contributed by atoms with van der Waals surface area (Å²) in [6.07, 6.45) is 0.595. The molecule has 2 aliphatic heterocycles. The van der Waals surface area contributed by atoms with E-state index in [2.05, 4.69) is 6.92 Å². The van der Waals surface area contributed by atoms with Crippen molar-refractivity contribution in [3.63, 3.8) is 0 Å². The SMILES string of the molecule is CC1CCN(S(=O)(=O)c2ccc(C(=O)OC(C)C(=O)N3CC(C)OC(C)C3)cc2)CC1. The number of carbonyl (C=O) groups excluding carboxylic acids is 2. The maximum Gasteiger partial charge on any atom is 0.338 e. The van der Waals surface area contributed by atoms with Crippen molar-refractivity contribution < 1.29 is 27.5 Å². The van der Waals surface area contributed by atoms with Crippen molar-refractivity contribution >= 4 is 21.9 Å². The fourth-order valence-corrected chi connectivity index (χ4v) is 5.50. The second kappa shape index (κ2) is 9.67. The highest BCUT2D eigenvalue weighted by Crippen LogP contribution is 2.24. The largest absolute Gasteiger partial charge is 0.449 e. The van der Waals surface area contributed by atoms with Crippen LogP contribution >= 0.6 is 0 Å². The molecule has 9 heteroatoms. The number of carbonyl (C=O) groups is 2. The molecule has 0 bridgehead atoms. The molecule has 1 aromatic carbocycles. The molecular weight excluding hydrogens is 420 g/mol. The number of rotatable bonds is 5. The number of nitrogens with zero attached hydrogens (tertiary/aromatic N) is 2. The number of esters is 1. The summed E-state index contributed by atoms with van der Waals surface area (Å²) in [6, 6.07) is 5.69. The fraction of sp³-hybridized carbons (Fsp3) is 0.636. The summed E-state index contributed by atoms with van der Waals surface area (Å²) < 4.78 is 38.1. The van der Waals surface area contributed by atoms with Gasteiger partial charge in [-0.25, -0.2) is 13.2 Å². The summed E-state index contributed by atoms with van der Waals surface area (Å²) in [5.41, 5.74) is 0.203. The van der Waals surface area contributed by atoms with Crippen LogP contribution in [0.1, 0.15) is 50.9 Å². The second-order valence-corrected chi connectivity index (χ2v) is 10.6. The number of piperidine rings is 1. The lowest BCUT2D eigenvalue weighted by molar-refractivity contribution is -0.151. The Bertz CT molecular complexity index is 883. The van der Waals surface area contributed by atoms with E-state index in [-0.39, 0.29) is 28.6 Å². The summed E-state index contributed by atoms with van der Waals surface area (Å²) in [4.78, 5) is 26.9. The molecule has 0 aromatic heterocycles. The van der Waals surface area contributed by atoms with Gasteiger partial charge in [0.2, 0.25) is 10.0 Å². The molecule has 8 nitrogen and oxygen atoms in total. The van der Waals surface area contributed by atoms with Crippen LogP contribution in [0.2, 0.25) is 0 Å². The van der Waals surface area contributed by atoms with E-state index in [1.807, 2.05) is 13.8 Å². The summed E-state index contributed by atoms with van der Waals surface area (Å²) in [6.45, 7) is 9.37. The molecule has 0 N–H and O–H groups in total. The van der Waals surface area contributed by atoms with Gasteiger partial charge < -0.3 is 14.4 Å². The molecule has 0 radical (unpaired) electrons. The highest BCUT2D eigenvalue weighted by atomic mass is 32.2. The summed E-state index contributed by atoms with van der Waals surface area (Å²) in [5.74, 6) is -0.406. The van der Waals surface area contributed by atoms with Gasteiger partial charge in [0.1, 0.15) is 0 Å². The number of morpholine rings is 1. The molecule has 31 heavy (non-hydrogen) atoms. The average Bonchev–Trinajstić information content (AvgIpc) is 2.72. The summed E-state index contributed by atoms with van der Waals surface area (Å²) >= 11 is 0. The predicted molar refractivity (Wildman–Crippen MR) is 115 cm³/mol. The maximum atomic E-state index is 12.8. The van der Waals surface area contributed by atoms with Crippen molar-refractivity contribution in [2.45, 2.75) is 63.7 Å². The van der Waals surface area contributed by atoms with E-state index < -0.39 is 22.1 Å². The lowest BCUT2D eigenvalue weighted by atomic mass is 10.0.